The van der Waals surface area contributed by atoms with Gasteiger partial charge in [-0.2, -0.15) is 0 Å². The number of carboxylic acid groups (broad SMARTS) is 1. The number of allylic oxidation sites excluding steroid dienone is 2. The van der Waals surface area contributed by atoms with E-state index in [-0.39, 0.29) is 29.3 Å². The third-order valence-corrected chi connectivity index (χ3v) is 8.77. The first-order chi connectivity index (χ1) is 21.5. The number of benzene rings is 3. The Hall–Kier alpha value is -4.27. The van der Waals surface area contributed by atoms with Crippen LogP contribution in [0.25, 0.3) is 0 Å². The molecular formula is C36H46F2N4O3. The summed E-state index contributed by atoms with van der Waals surface area (Å²) in [6.45, 7) is 2.14. The maximum Gasteiger partial charge on any atom is 0.335 e. The van der Waals surface area contributed by atoms with Crippen molar-refractivity contribution in [2.75, 3.05) is 22.9 Å². The van der Waals surface area contributed by atoms with Gasteiger partial charge in [-0.1, -0.05) is 44.1 Å². The number of hydrogen-bond donors (Lipinski definition) is 5. The summed E-state index contributed by atoms with van der Waals surface area (Å²) in [4.78, 5) is 10.4. The van der Waals surface area contributed by atoms with Crippen molar-refractivity contribution in [3.63, 3.8) is 0 Å². The molecule has 3 unspecified atom stereocenters. The molecular weight excluding hydrogens is 574 g/mol. The molecule has 9 heteroatoms. The summed E-state index contributed by atoms with van der Waals surface area (Å²) in [5, 5.41) is 8.52. The van der Waals surface area contributed by atoms with Crippen LogP contribution < -0.4 is 27.7 Å². The molecule has 5 rings (SSSR count). The minimum Gasteiger partial charge on any atom is -0.490 e. The van der Waals surface area contributed by atoms with Crippen molar-refractivity contribution in [1.82, 2.24) is 0 Å². The third-order valence-electron chi connectivity index (χ3n) is 8.77. The van der Waals surface area contributed by atoms with Crippen LogP contribution >= 0.6 is 0 Å². The number of nitrogen functional groups attached to an aromatic ring is 4. The highest BCUT2D eigenvalue weighted by Gasteiger charge is 2.34. The summed E-state index contributed by atoms with van der Waals surface area (Å²) in [6.07, 6.45) is 11.7. The van der Waals surface area contributed by atoms with Gasteiger partial charge in [0.2, 0.25) is 0 Å². The van der Waals surface area contributed by atoms with E-state index < -0.39 is 12.1 Å². The molecule has 1 fully saturated rings. The number of carboxylic acids is 1. The summed E-state index contributed by atoms with van der Waals surface area (Å²) in [5.74, 6) is -0.175. The highest BCUT2D eigenvalue weighted by atomic mass is 19.1. The number of alkyl halides is 1. The van der Waals surface area contributed by atoms with E-state index in [9.17, 15) is 9.18 Å². The molecule has 1 saturated carbocycles. The van der Waals surface area contributed by atoms with Crippen LogP contribution in [-0.4, -0.2) is 23.4 Å². The second kappa shape index (κ2) is 15.6. The van der Waals surface area contributed by atoms with E-state index in [4.69, 9.17) is 32.8 Å². The number of aromatic carboxylic acids is 1. The van der Waals surface area contributed by atoms with Gasteiger partial charge in [0.15, 0.2) is 0 Å². The monoisotopic (exact) mass is 620 g/mol. The van der Waals surface area contributed by atoms with Gasteiger partial charge in [-0.05, 0) is 98.2 Å². The SMILES string of the molecule is CCCCCc1ccc(C2C=CC(C3CCC(Oc4cc(N)cc(N)c4)CC3)CC2F)cc1F.Nc1cc(N)cc(C(=O)O)c1. The summed E-state index contributed by atoms with van der Waals surface area (Å²) in [7, 11) is 0. The Morgan fingerprint density at radius 3 is 2.04 bits per heavy atom. The zero-order valence-electron chi connectivity index (χ0n) is 25.9. The first-order valence-corrected chi connectivity index (χ1v) is 15.8. The van der Waals surface area contributed by atoms with Gasteiger partial charge in [0, 0.05) is 40.8 Å². The average Bonchev–Trinajstić information content (AvgIpc) is 2.98. The molecule has 0 bridgehead atoms. The van der Waals surface area contributed by atoms with Crippen LogP contribution in [0.3, 0.4) is 0 Å². The van der Waals surface area contributed by atoms with Crippen LogP contribution in [0.1, 0.15) is 85.7 Å². The Labute approximate surface area is 264 Å². The zero-order valence-corrected chi connectivity index (χ0v) is 25.9. The van der Waals surface area contributed by atoms with Crippen molar-refractivity contribution in [2.45, 2.75) is 82.9 Å². The molecule has 0 radical (unpaired) electrons. The number of unbranched alkanes of at least 4 members (excludes halogenated alkanes) is 2. The van der Waals surface area contributed by atoms with E-state index in [0.29, 0.717) is 40.8 Å². The van der Waals surface area contributed by atoms with E-state index in [2.05, 4.69) is 13.0 Å². The fourth-order valence-electron chi connectivity index (χ4n) is 6.42. The second-order valence-corrected chi connectivity index (χ2v) is 12.3. The summed E-state index contributed by atoms with van der Waals surface area (Å²) >= 11 is 0. The van der Waals surface area contributed by atoms with Crippen LogP contribution in [0.15, 0.2) is 66.7 Å². The van der Waals surface area contributed by atoms with Gasteiger partial charge < -0.3 is 32.8 Å². The number of aryl methyl sites for hydroxylation is 1. The lowest BCUT2D eigenvalue weighted by atomic mass is 9.72. The van der Waals surface area contributed by atoms with Gasteiger partial charge in [-0.25, -0.2) is 13.6 Å². The first kappa shape index (κ1) is 33.6. The maximum absolute atomic E-state index is 15.2. The van der Waals surface area contributed by atoms with Crippen LogP contribution in [0.5, 0.6) is 5.75 Å². The Bertz CT molecular complexity index is 1430. The van der Waals surface area contributed by atoms with E-state index >= 15 is 4.39 Å². The molecule has 3 atom stereocenters. The predicted octanol–water partition coefficient (Wildman–Crippen LogP) is 7.91. The Kier molecular flexibility index (Phi) is 11.7. The van der Waals surface area contributed by atoms with Gasteiger partial charge in [-0.15, -0.1) is 0 Å². The van der Waals surface area contributed by atoms with Gasteiger partial charge in [0.25, 0.3) is 0 Å². The number of nitrogens with two attached hydrogens (primary N) is 4. The van der Waals surface area contributed by atoms with Gasteiger partial charge in [0.05, 0.1) is 11.7 Å². The van der Waals surface area contributed by atoms with Gasteiger partial charge in [-0.3, -0.25) is 0 Å². The molecule has 9 N–H and O–H groups in total. The number of rotatable bonds is 9. The largest absolute Gasteiger partial charge is 0.490 e. The number of ether oxygens (including phenoxy) is 1. The lowest BCUT2D eigenvalue weighted by Crippen LogP contribution is -2.31. The fraction of sp³-hybridized carbons (Fsp3) is 0.417. The molecule has 0 aliphatic heterocycles. The molecule has 0 spiro atoms. The average molecular weight is 621 g/mol. The minimum atomic E-state index is -1.02. The molecule has 3 aromatic rings. The third kappa shape index (κ3) is 9.61. The molecule has 0 aromatic heterocycles. The topological polar surface area (TPSA) is 151 Å². The number of anilines is 4. The van der Waals surface area contributed by atoms with Crippen molar-refractivity contribution in [2.24, 2.45) is 11.8 Å². The number of halogens is 2. The summed E-state index contributed by atoms with van der Waals surface area (Å²) in [5.41, 5.74) is 26.0. The molecule has 7 nitrogen and oxygen atoms in total. The zero-order chi connectivity index (χ0) is 32.5. The van der Waals surface area contributed by atoms with E-state index in [0.717, 1.165) is 62.5 Å². The minimum absolute atomic E-state index is 0.113. The molecule has 0 heterocycles. The number of hydrogen-bond acceptors (Lipinski definition) is 6. The molecule has 0 saturated heterocycles. The molecule has 2 aliphatic carbocycles. The van der Waals surface area contributed by atoms with Gasteiger partial charge >= 0.3 is 5.97 Å². The molecule has 242 valence electrons. The van der Waals surface area contributed by atoms with Crippen LogP contribution in [0.2, 0.25) is 0 Å². The van der Waals surface area contributed by atoms with E-state index in [1.807, 2.05) is 18.2 Å². The Morgan fingerprint density at radius 1 is 0.867 bits per heavy atom. The van der Waals surface area contributed by atoms with Crippen molar-refractivity contribution >= 4 is 28.7 Å². The fourth-order valence-corrected chi connectivity index (χ4v) is 6.42. The van der Waals surface area contributed by atoms with E-state index in [1.165, 1.54) is 18.2 Å². The quantitative estimate of drug-likeness (QED) is 0.0926. The smallest absolute Gasteiger partial charge is 0.335 e. The number of carbonyl (C=O) groups is 1. The predicted molar refractivity (Wildman–Crippen MR) is 178 cm³/mol. The molecule has 3 aromatic carbocycles. The second-order valence-electron chi connectivity index (χ2n) is 12.3. The van der Waals surface area contributed by atoms with Crippen molar-refractivity contribution in [1.29, 1.82) is 0 Å². The van der Waals surface area contributed by atoms with Crippen molar-refractivity contribution in [3.05, 3.63) is 89.3 Å². The Balaban J connectivity index is 0.000000354. The lowest BCUT2D eigenvalue weighted by molar-refractivity contribution is 0.0697. The maximum atomic E-state index is 15.2. The van der Waals surface area contributed by atoms with Crippen LogP contribution in [-0.2, 0) is 6.42 Å². The highest BCUT2D eigenvalue weighted by molar-refractivity contribution is 5.90. The lowest BCUT2D eigenvalue weighted by Gasteiger charge is -2.36. The Morgan fingerprint density at radius 2 is 1.49 bits per heavy atom. The molecule has 2 aliphatic rings. The van der Waals surface area contributed by atoms with Crippen LogP contribution in [0, 0.1) is 17.7 Å². The highest BCUT2D eigenvalue weighted by Crippen LogP contribution is 2.41. The molecule has 0 amide bonds. The summed E-state index contributed by atoms with van der Waals surface area (Å²) in [6, 6.07) is 14.9. The normalized spacial score (nSPS) is 22.7. The van der Waals surface area contributed by atoms with Crippen LogP contribution in [0.4, 0.5) is 31.5 Å². The molecule has 45 heavy (non-hydrogen) atoms. The van der Waals surface area contributed by atoms with Gasteiger partial charge in [0.1, 0.15) is 17.7 Å². The van der Waals surface area contributed by atoms with E-state index in [1.54, 1.807) is 24.3 Å². The standard InChI is InChI=1S/C29H38F2N2O.C7H8N2O2/c1-2-3-4-5-20-6-7-22(15-28(20)30)27-13-10-21(14-29(27)31)19-8-11-25(12-9-19)34-26-17-23(32)16-24(33)18-26;8-5-1-4(7(10)11)2-6(9)3-5/h6-7,10,13,15-19,21,25,27,29H,2-5,8-9,11-12,14,32-33H2,1H3;1-3H,8-9H2,(H,10,11). The van der Waals surface area contributed by atoms with Crippen molar-refractivity contribution < 1.29 is 23.4 Å². The first-order valence-electron chi connectivity index (χ1n) is 15.8. The summed E-state index contributed by atoms with van der Waals surface area (Å²) < 4.78 is 35.9. The van der Waals surface area contributed by atoms with Crippen molar-refractivity contribution in [3.8, 4) is 5.75 Å².